The third-order valence-corrected chi connectivity index (χ3v) is 7.54. The van der Waals surface area contributed by atoms with Crippen molar-refractivity contribution in [1.29, 1.82) is 0 Å². The first-order valence-corrected chi connectivity index (χ1v) is 13.6. The van der Waals surface area contributed by atoms with Crippen molar-refractivity contribution < 1.29 is 28.7 Å². The molecule has 0 radical (unpaired) electrons. The van der Waals surface area contributed by atoms with Crippen molar-refractivity contribution in [2.75, 3.05) is 19.0 Å². The lowest BCUT2D eigenvalue weighted by Crippen LogP contribution is -2.36. The first kappa shape index (κ1) is 27.9. The normalized spacial score (nSPS) is 14.0. The van der Waals surface area contributed by atoms with Crippen LogP contribution in [0.25, 0.3) is 16.8 Å². The van der Waals surface area contributed by atoms with Crippen molar-refractivity contribution >= 4 is 68.9 Å². The zero-order valence-electron chi connectivity index (χ0n) is 21.8. The van der Waals surface area contributed by atoms with E-state index in [0.717, 1.165) is 33.0 Å². The van der Waals surface area contributed by atoms with Gasteiger partial charge in [-0.1, -0.05) is 72.3 Å². The van der Waals surface area contributed by atoms with E-state index in [2.05, 4.69) is 10.1 Å². The van der Waals surface area contributed by atoms with E-state index in [9.17, 15) is 19.2 Å². The molecule has 0 atom stereocenters. The fourth-order valence-corrected chi connectivity index (χ4v) is 5.32. The van der Waals surface area contributed by atoms with Crippen LogP contribution in [-0.2, 0) is 20.9 Å². The minimum absolute atomic E-state index is 0.0717. The third kappa shape index (κ3) is 6.26. The van der Waals surface area contributed by atoms with E-state index >= 15 is 0 Å². The number of para-hydroxylation sites is 1. The molecular formula is C31H23ClN2O6S. The lowest BCUT2D eigenvalue weighted by molar-refractivity contribution is -0.127. The summed E-state index contributed by atoms with van der Waals surface area (Å²) in [6, 6.07) is 25.6. The standard InChI is InChI=1S/C31H23ClN2O6S/c1-39-30(37)24-16-22(13-14-25(24)32)33-28(35)17-34-29(36)27(41-31(34)38)15-20-8-3-5-12-26(20)40-18-21-10-6-9-19-7-2-4-11-23(19)21/h2-16H,17-18H2,1H3,(H,33,35)/b27-15-. The number of carbonyl (C=O) groups is 4. The molecule has 0 aromatic heterocycles. The molecule has 1 saturated heterocycles. The minimum Gasteiger partial charge on any atom is -0.488 e. The zero-order chi connectivity index (χ0) is 28.9. The highest BCUT2D eigenvalue weighted by atomic mass is 35.5. The summed E-state index contributed by atoms with van der Waals surface area (Å²) in [6.45, 7) is -0.187. The second kappa shape index (κ2) is 12.3. The first-order chi connectivity index (χ1) is 19.8. The Hall–Kier alpha value is -4.60. The van der Waals surface area contributed by atoms with Crippen molar-refractivity contribution in [1.82, 2.24) is 4.90 Å². The van der Waals surface area contributed by atoms with Crippen LogP contribution in [0.2, 0.25) is 5.02 Å². The van der Waals surface area contributed by atoms with Gasteiger partial charge >= 0.3 is 5.97 Å². The number of hydrogen-bond acceptors (Lipinski definition) is 7. The van der Waals surface area contributed by atoms with Crippen molar-refractivity contribution in [3.05, 3.63) is 112 Å². The number of esters is 1. The predicted octanol–water partition coefficient (Wildman–Crippen LogP) is 6.53. The van der Waals surface area contributed by atoms with E-state index in [1.54, 1.807) is 18.2 Å². The van der Waals surface area contributed by atoms with Gasteiger partial charge in [0.15, 0.2) is 0 Å². The number of rotatable bonds is 8. The Morgan fingerprint density at radius 2 is 1.73 bits per heavy atom. The SMILES string of the molecule is COC(=O)c1cc(NC(=O)CN2C(=O)S/C(=C\c3ccccc3OCc3cccc4ccccc34)C2=O)ccc1Cl. The van der Waals surface area contributed by atoms with Gasteiger partial charge in [0.1, 0.15) is 18.9 Å². The molecule has 0 aliphatic carbocycles. The molecule has 1 aliphatic heterocycles. The summed E-state index contributed by atoms with van der Waals surface area (Å²) in [4.78, 5) is 51.3. The summed E-state index contributed by atoms with van der Waals surface area (Å²) in [5.74, 6) is -1.33. The summed E-state index contributed by atoms with van der Waals surface area (Å²) >= 11 is 6.77. The van der Waals surface area contributed by atoms with E-state index in [1.807, 2.05) is 54.6 Å². The average Bonchev–Trinajstić information content (AvgIpc) is 3.24. The van der Waals surface area contributed by atoms with Crippen molar-refractivity contribution in [2.24, 2.45) is 0 Å². The molecule has 1 heterocycles. The van der Waals surface area contributed by atoms with Crippen LogP contribution in [-0.4, -0.2) is 41.6 Å². The van der Waals surface area contributed by atoms with Crippen LogP contribution in [0, 0.1) is 0 Å². The Morgan fingerprint density at radius 1 is 0.976 bits per heavy atom. The Kier molecular flexibility index (Phi) is 8.37. The Balaban J connectivity index is 1.28. The second-order valence-corrected chi connectivity index (χ2v) is 10.4. The number of nitrogens with zero attached hydrogens (tertiary/aromatic N) is 1. The first-order valence-electron chi connectivity index (χ1n) is 12.5. The predicted molar refractivity (Wildman–Crippen MR) is 159 cm³/mol. The minimum atomic E-state index is -0.663. The Morgan fingerprint density at radius 3 is 2.56 bits per heavy atom. The number of methoxy groups -OCH3 is 1. The zero-order valence-corrected chi connectivity index (χ0v) is 23.3. The molecule has 3 amide bonds. The summed E-state index contributed by atoms with van der Waals surface area (Å²) < 4.78 is 10.8. The van der Waals surface area contributed by atoms with Gasteiger partial charge in [0.05, 0.1) is 22.6 Å². The molecule has 4 aromatic carbocycles. The molecule has 41 heavy (non-hydrogen) atoms. The fraction of sp³-hybridized carbons (Fsp3) is 0.0968. The van der Waals surface area contributed by atoms with Crippen LogP contribution in [0.3, 0.4) is 0 Å². The van der Waals surface area contributed by atoms with Gasteiger partial charge in [-0.25, -0.2) is 4.79 Å². The number of ether oxygens (including phenoxy) is 2. The van der Waals surface area contributed by atoms with Crippen LogP contribution in [0.4, 0.5) is 10.5 Å². The van der Waals surface area contributed by atoms with Gasteiger partial charge in [-0.15, -0.1) is 0 Å². The van der Waals surface area contributed by atoms with Gasteiger partial charge in [0.2, 0.25) is 5.91 Å². The maximum absolute atomic E-state index is 13.1. The Labute approximate surface area is 244 Å². The van der Waals surface area contributed by atoms with E-state index in [-0.39, 0.29) is 21.2 Å². The number of imide groups is 1. The highest BCUT2D eigenvalue weighted by Crippen LogP contribution is 2.34. The highest BCUT2D eigenvalue weighted by molar-refractivity contribution is 8.18. The molecule has 206 valence electrons. The van der Waals surface area contributed by atoms with E-state index in [4.69, 9.17) is 16.3 Å². The van der Waals surface area contributed by atoms with Crippen LogP contribution in [0.1, 0.15) is 21.5 Å². The molecule has 0 saturated carbocycles. The van der Waals surface area contributed by atoms with Crippen molar-refractivity contribution in [3.8, 4) is 5.75 Å². The van der Waals surface area contributed by atoms with Gasteiger partial charge in [0.25, 0.3) is 11.1 Å². The van der Waals surface area contributed by atoms with Gasteiger partial charge < -0.3 is 14.8 Å². The number of amides is 3. The van der Waals surface area contributed by atoms with Crippen LogP contribution < -0.4 is 10.1 Å². The maximum Gasteiger partial charge on any atom is 0.339 e. The van der Waals surface area contributed by atoms with Crippen LogP contribution in [0.15, 0.2) is 89.8 Å². The number of nitrogens with one attached hydrogen (secondary N) is 1. The average molecular weight is 587 g/mol. The molecule has 0 unspecified atom stereocenters. The highest BCUT2D eigenvalue weighted by Gasteiger charge is 2.36. The number of fused-ring (bicyclic) bond motifs is 1. The summed E-state index contributed by atoms with van der Waals surface area (Å²) in [5.41, 5.74) is 1.98. The lowest BCUT2D eigenvalue weighted by Gasteiger charge is -2.13. The summed E-state index contributed by atoms with van der Waals surface area (Å²) in [5, 5.41) is 4.36. The van der Waals surface area contributed by atoms with Gasteiger partial charge in [-0.3, -0.25) is 19.3 Å². The lowest BCUT2D eigenvalue weighted by atomic mass is 10.1. The number of hydrogen-bond donors (Lipinski definition) is 1. The molecule has 0 bridgehead atoms. The fourth-order valence-electron chi connectivity index (χ4n) is 4.30. The molecule has 1 aliphatic rings. The molecule has 10 heteroatoms. The van der Waals surface area contributed by atoms with E-state index in [0.29, 0.717) is 17.9 Å². The van der Waals surface area contributed by atoms with Crippen molar-refractivity contribution in [2.45, 2.75) is 6.61 Å². The number of thioether (sulfide) groups is 1. The number of carbonyl (C=O) groups excluding carboxylic acids is 4. The van der Waals surface area contributed by atoms with E-state index < -0.39 is 29.6 Å². The third-order valence-electron chi connectivity index (χ3n) is 6.30. The van der Waals surface area contributed by atoms with Crippen LogP contribution in [0.5, 0.6) is 5.75 Å². The van der Waals surface area contributed by atoms with Gasteiger partial charge in [0, 0.05) is 11.3 Å². The van der Waals surface area contributed by atoms with Crippen LogP contribution >= 0.6 is 23.4 Å². The Bertz CT molecular complexity index is 1710. The van der Waals surface area contributed by atoms with E-state index in [1.165, 1.54) is 25.3 Å². The van der Waals surface area contributed by atoms with Gasteiger partial charge in [-0.2, -0.15) is 0 Å². The smallest absolute Gasteiger partial charge is 0.339 e. The molecule has 5 rings (SSSR count). The summed E-state index contributed by atoms with van der Waals surface area (Å²) in [6.07, 6.45) is 1.59. The topological polar surface area (TPSA) is 102 Å². The second-order valence-electron chi connectivity index (χ2n) is 8.97. The molecule has 0 spiro atoms. The quantitative estimate of drug-likeness (QED) is 0.185. The van der Waals surface area contributed by atoms with Gasteiger partial charge in [-0.05, 0) is 58.4 Å². The molecule has 8 nitrogen and oxygen atoms in total. The van der Waals surface area contributed by atoms with Crippen molar-refractivity contribution in [3.63, 3.8) is 0 Å². The number of benzene rings is 4. The molecule has 1 fully saturated rings. The largest absolute Gasteiger partial charge is 0.488 e. The summed E-state index contributed by atoms with van der Waals surface area (Å²) in [7, 11) is 1.22. The molecule has 4 aromatic rings. The molecule has 1 N–H and O–H groups in total. The number of halogens is 1. The maximum atomic E-state index is 13.1. The monoisotopic (exact) mass is 586 g/mol. The molecular weight excluding hydrogens is 564 g/mol. The number of anilines is 1.